The third kappa shape index (κ3) is 7.14. The highest BCUT2D eigenvalue weighted by Crippen LogP contribution is 2.27. The molecule has 3 rings (SSSR count). The van der Waals surface area contributed by atoms with Crippen molar-refractivity contribution in [2.45, 2.75) is 57.4 Å². The fourth-order valence-electron chi connectivity index (χ4n) is 3.72. The number of ether oxygens (including phenoxy) is 2. The fourth-order valence-corrected chi connectivity index (χ4v) is 3.72. The molecule has 1 heterocycles. The van der Waals surface area contributed by atoms with Crippen LogP contribution in [-0.2, 0) is 20.7 Å². The molecule has 31 heavy (non-hydrogen) atoms. The number of benzene rings is 1. The van der Waals surface area contributed by atoms with Gasteiger partial charge in [-0.1, -0.05) is 19.3 Å². The summed E-state index contributed by atoms with van der Waals surface area (Å²) in [6.07, 6.45) is 7.50. The van der Waals surface area contributed by atoms with E-state index in [2.05, 4.69) is 0 Å². The molecule has 7 heteroatoms. The molecule has 0 unspecified atom stereocenters. The number of hydrogen-bond donors (Lipinski definition) is 2. The molecule has 1 aromatic heterocycles. The number of furan rings is 1. The van der Waals surface area contributed by atoms with Crippen LogP contribution in [0.15, 0.2) is 40.8 Å². The van der Waals surface area contributed by atoms with Crippen LogP contribution in [-0.4, -0.2) is 35.8 Å². The first kappa shape index (κ1) is 22.9. The SMILES string of the molecule is C[C@@](N)(CCc1ccc(-c2ccc(OCC3CCCCC3)cc2)o1)COC(=O)C(=O)O. The summed E-state index contributed by atoms with van der Waals surface area (Å²) < 4.78 is 16.6. The predicted molar refractivity (Wildman–Crippen MR) is 116 cm³/mol. The number of rotatable bonds is 9. The van der Waals surface area contributed by atoms with E-state index in [9.17, 15) is 9.59 Å². The molecule has 2 aromatic rings. The van der Waals surface area contributed by atoms with Gasteiger partial charge in [0, 0.05) is 17.5 Å². The third-order valence-corrected chi connectivity index (χ3v) is 5.66. The first-order valence-electron chi connectivity index (χ1n) is 10.8. The van der Waals surface area contributed by atoms with Gasteiger partial charge in [0.25, 0.3) is 0 Å². The van der Waals surface area contributed by atoms with Gasteiger partial charge in [-0.2, -0.15) is 0 Å². The number of carbonyl (C=O) groups excluding carboxylic acids is 1. The van der Waals surface area contributed by atoms with Crippen molar-refractivity contribution >= 4 is 11.9 Å². The van der Waals surface area contributed by atoms with E-state index < -0.39 is 17.5 Å². The Bertz CT molecular complexity index is 864. The maximum atomic E-state index is 11.1. The van der Waals surface area contributed by atoms with Gasteiger partial charge < -0.3 is 24.7 Å². The molecule has 1 saturated carbocycles. The van der Waals surface area contributed by atoms with Gasteiger partial charge in [0.1, 0.15) is 23.9 Å². The largest absolute Gasteiger partial charge is 0.493 e. The number of carboxylic acids is 1. The molecule has 7 nitrogen and oxygen atoms in total. The molecule has 0 aliphatic heterocycles. The quantitative estimate of drug-likeness (QED) is 0.454. The minimum Gasteiger partial charge on any atom is -0.493 e. The molecular weight excluding hydrogens is 398 g/mol. The maximum absolute atomic E-state index is 11.1. The van der Waals surface area contributed by atoms with Crippen molar-refractivity contribution in [3.05, 3.63) is 42.2 Å². The van der Waals surface area contributed by atoms with Gasteiger partial charge in [-0.05, 0) is 68.5 Å². The number of nitrogens with two attached hydrogens (primary N) is 1. The number of esters is 1. The molecule has 0 saturated heterocycles. The van der Waals surface area contributed by atoms with E-state index in [0.29, 0.717) is 18.8 Å². The first-order valence-corrected chi connectivity index (χ1v) is 10.8. The van der Waals surface area contributed by atoms with Crippen LogP contribution in [0.2, 0.25) is 0 Å². The van der Waals surface area contributed by atoms with Crippen molar-refractivity contribution in [1.82, 2.24) is 0 Å². The second kappa shape index (κ2) is 10.5. The molecule has 0 spiro atoms. The zero-order chi connectivity index (χ0) is 22.3. The van der Waals surface area contributed by atoms with Crippen LogP contribution >= 0.6 is 0 Å². The van der Waals surface area contributed by atoms with Crippen LogP contribution in [0.25, 0.3) is 11.3 Å². The summed E-state index contributed by atoms with van der Waals surface area (Å²) in [6, 6.07) is 11.7. The van der Waals surface area contributed by atoms with E-state index in [0.717, 1.165) is 29.4 Å². The van der Waals surface area contributed by atoms with Crippen LogP contribution in [0.3, 0.4) is 0 Å². The number of carboxylic acid groups (broad SMARTS) is 1. The molecule has 168 valence electrons. The van der Waals surface area contributed by atoms with Gasteiger partial charge in [-0.15, -0.1) is 0 Å². The third-order valence-electron chi connectivity index (χ3n) is 5.66. The first-order chi connectivity index (χ1) is 14.8. The van der Waals surface area contributed by atoms with Crippen LogP contribution in [0.4, 0.5) is 0 Å². The standard InChI is InChI=1S/C24H31NO6/c1-24(25,16-30-23(28)22(26)27)14-13-20-11-12-21(31-20)18-7-9-19(10-8-18)29-15-17-5-3-2-4-6-17/h7-12,17H,2-6,13-16,25H2,1H3,(H,26,27)/t24-/m1/s1. The van der Waals surface area contributed by atoms with Crippen molar-refractivity contribution in [1.29, 1.82) is 0 Å². The van der Waals surface area contributed by atoms with Gasteiger partial charge in [-0.25, -0.2) is 9.59 Å². The summed E-state index contributed by atoms with van der Waals surface area (Å²) in [7, 11) is 0. The molecule has 1 aliphatic carbocycles. The maximum Gasteiger partial charge on any atom is 0.417 e. The van der Waals surface area contributed by atoms with Gasteiger partial charge in [-0.3, -0.25) is 0 Å². The van der Waals surface area contributed by atoms with E-state index in [4.69, 9.17) is 24.7 Å². The van der Waals surface area contributed by atoms with E-state index in [1.807, 2.05) is 36.4 Å². The van der Waals surface area contributed by atoms with Gasteiger partial charge in [0.15, 0.2) is 0 Å². The van der Waals surface area contributed by atoms with Gasteiger partial charge in [0.2, 0.25) is 0 Å². The Balaban J connectivity index is 1.48. The molecule has 1 aromatic carbocycles. The average molecular weight is 430 g/mol. The molecule has 3 N–H and O–H groups in total. The molecule has 1 aliphatic rings. The molecule has 0 radical (unpaired) electrons. The van der Waals surface area contributed by atoms with Crippen molar-refractivity contribution in [2.24, 2.45) is 11.7 Å². The molecular formula is C24H31NO6. The lowest BCUT2D eigenvalue weighted by Gasteiger charge is -2.23. The van der Waals surface area contributed by atoms with Crippen molar-refractivity contribution < 1.29 is 28.6 Å². The minimum atomic E-state index is -1.63. The van der Waals surface area contributed by atoms with Crippen LogP contribution < -0.4 is 10.5 Å². The van der Waals surface area contributed by atoms with E-state index in [1.165, 1.54) is 32.1 Å². The summed E-state index contributed by atoms with van der Waals surface area (Å²) >= 11 is 0. The molecule has 1 atom stereocenters. The fraction of sp³-hybridized carbons (Fsp3) is 0.500. The van der Waals surface area contributed by atoms with E-state index in [1.54, 1.807) is 6.92 Å². The Hall–Kier alpha value is -2.80. The smallest absolute Gasteiger partial charge is 0.417 e. The predicted octanol–water partition coefficient (Wildman–Crippen LogP) is 4.18. The van der Waals surface area contributed by atoms with Crippen LogP contribution in [0.5, 0.6) is 5.75 Å². The Morgan fingerprint density at radius 1 is 1.13 bits per heavy atom. The lowest BCUT2D eigenvalue weighted by atomic mass is 9.90. The van der Waals surface area contributed by atoms with Crippen LogP contribution in [0, 0.1) is 5.92 Å². The number of aliphatic carboxylic acids is 1. The van der Waals surface area contributed by atoms with Gasteiger partial charge in [0.05, 0.1) is 6.61 Å². The lowest BCUT2D eigenvalue weighted by molar-refractivity contribution is -0.164. The zero-order valence-corrected chi connectivity index (χ0v) is 18.0. The Labute approximate surface area is 182 Å². The summed E-state index contributed by atoms with van der Waals surface area (Å²) in [4.78, 5) is 21.6. The second-order valence-electron chi connectivity index (χ2n) is 8.64. The summed E-state index contributed by atoms with van der Waals surface area (Å²) in [6.45, 7) is 2.32. The molecule has 0 amide bonds. The van der Waals surface area contributed by atoms with Crippen LogP contribution in [0.1, 0.15) is 51.2 Å². The number of carbonyl (C=O) groups is 2. The van der Waals surface area contributed by atoms with Crippen molar-refractivity contribution in [3.8, 4) is 17.1 Å². The summed E-state index contributed by atoms with van der Waals surface area (Å²) in [5.74, 6) is 0.122. The highest BCUT2D eigenvalue weighted by molar-refractivity contribution is 6.28. The summed E-state index contributed by atoms with van der Waals surface area (Å²) in [5, 5.41) is 8.57. The summed E-state index contributed by atoms with van der Waals surface area (Å²) in [5.41, 5.74) is 6.21. The number of aryl methyl sites for hydroxylation is 1. The van der Waals surface area contributed by atoms with Gasteiger partial charge >= 0.3 is 11.9 Å². The van der Waals surface area contributed by atoms with E-state index in [-0.39, 0.29) is 6.61 Å². The Morgan fingerprint density at radius 2 is 1.84 bits per heavy atom. The Morgan fingerprint density at radius 3 is 2.52 bits per heavy atom. The van der Waals surface area contributed by atoms with Crippen molar-refractivity contribution in [2.75, 3.05) is 13.2 Å². The zero-order valence-electron chi connectivity index (χ0n) is 18.0. The topological polar surface area (TPSA) is 112 Å². The normalized spacial score (nSPS) is 16.5. The lowest BCUT2D eigenvalue weighted by Crippen LogP contribution is -2.43. The number of hydrogen-bond acceptors (Lipinski definition) is 6. The molecule has 0 bridgehead atoms. The average Bonchev–Trinajstić information content (AvgIpc) is 3.25. The minimum absolute atomic E-state index is 0.173. The monoisotopic (exact) mass is 429 g/mol. The van der Waals surface area contributed by atoms with E-state index >= 15 is 0 Å². The Kier molecular flexibility index (Phi) is 7.74. The molecule has 1 fully saturated rings. The van der Waals surface area contributed by atoms with Crippen molar-refractivity contribution in [3.63, 3.8) is 0 Å². The highest BCUT2D eigenvalue weighted by Gasteiger charge is 2.24. The highest BCUT2D eigenvalue weighted by atomic mass is 16.6. The second-order valence-corrected chi connectivity index (χ2v) is 8.64.